The molecule has 2 aliphatic carbocycles. The zero-order chi connectivity index (χ0) is 23.1. The van der Waals surface area contributed by atoms with Gasteiger partial charge in [0.1, 0.15) is 0 Å². The van der Waals surface area contributed by atoms with E-state index in [1.807, 2.05) is 0 Å². The number of rotatable bonds is 0. The second-order valence-corrected chi connectivity index (χ2v) is 8.54. The molecule has 153 valence electrons. The van der Waals surface area contributed by atoms with Gasteiger partial charge in [0.15, 0.2) is 0 Å². The van der Waals surface area contributed by atoms with Gasteiger partial charge in [-0.2, -0.15) is 0 Å². The third-order valence-corrected chi connectivity index (χ3v) is 6.30. The Labute approximate surface area is 206 Å². The van der Waals surface area contributed by atoms with Crippen LogP contribution in [0.5, 0.6) is 0 Å². The molecule has 0 bridgehead atoms. The summed E-state index contributed by atoms with van der Waals surface area (Å²) in [5.41, 5.74) is 5.31. The molecule has 0 unspecified atom stereocenters. The van der Waals surface area contributed by atoms with E-state index in [1.54, 1.807) is 0 Å². The maximum absolute atomic E-state index is 9.96. The zero-order valence-corrected chi connectivity index (χ0v) is 20.5. The Bertz CT molecular complexity index is 1250. The molecule has 6 heteroatoms. The van der Waals surface area contributed by atoms with Crippen LogP contribution in [0.3, 0.4) is 0 Å². The fraction of sp³-hybridized carbons (Fsp3) is 0.0400. The predicted octanol–water partition coefficient (Wildman–Crippen LogP) is 8.94. The quantitative estimate of drug-likeness (QED) is 0.142. The first-order valence-corrected chi connectivity index (χ1v) is 11.2. The standard InChI is InChI=1S/C12H6Br2.C12H8.CH3F.BHNS/c13-9-5-3-7-1-2-8-4-6-10(14)12(9)11(7)8;1-3-9-4-2-6-11-8-7-10(5-1)12(9)11;1-2;1-2-3/h1-6H;1-8H;1H3;3H/i;;1D;. The van der Waals surface area contributed by atoms with Gasteiger partial charge in [0.05, 0.1) is 8.52 Å². The molecule has 0 N–H and O–H groups in total. The Balaban J connectivity index is 0.000000147. The zero-order valence-electron chi connectivity index (χ0n) is 17.4. The summed E-state index contributed by atoms with van der Waals surface area (Å²) < 4.78 is 20.5. The van der Waals surface area contributed by atoms with E-state index in [0.29, 0.717) is 0 Å². The molecule has 0 aromatic heterocycles. The number of hydrogen-bond acceptors (Lipinski definition) is 2. The maximum atomic E-state index is 9.96. The third kappa shape index (κ3) is 4.92. The summed E-state index contributed by atoms with van der Waals surface area (Å²) in [5, 5.41) is 5.36. The van der Waals surface area contributed by atoms with Gasteiger partial charge in [0, 0.05) is 14.3 Å². The van der Waals surface area contributed by atoms with E-state index >= 15 is 0 Å². The summed E-state index contributed by atoms with van der Waals surface area (Å²) in [7, 11) is 3.34. The number of alkyl halides is 1. The number of hydrogen-bond donors (Lipinski definition) is 1. The van der Waals surface area contributed by atoms with E-state index in [2.05, 4.69) is 142 Å². The van der Waals surface area contributed by atoms with E-state index in [4.69, 9.17) is 1.37 Å². The van der Waals surface area contributed by atoms with E-state index in [1.165, 1.54) is 43.8 Å². The van der Waals surface area contributed by atoms with Crippen LogP contribution < -0.4 is 0 Å². The van der Waals surface area contributed by atoms with E-state index in [9.17, 15) is 4.39 Å². The molecule has 0 heterocycles. The Morgan fingerprint density at radius 2 is 1.13 bits per heavy atom. The molecule has 0 saturated heterocycles. The van der Waals surface area contributed by atoms with E-state index in [-0.39, 0.29) is 0 Å². The number of nitrogens with zero attached hydrogens (tertiary/aromatic N) is 1. The van der Waals surface area contributed by atoms with Gasteiger partial charge in [-0.3, -0.25) is 4.39 Å². The Hall–Kier alpha value is -2.02. The first-order valence-electron chi connectivity index (χ1n) is 9.94. The number of thiol groups is 1. The van der Waals surface area contributed by atoms with Crippen molar-refractivity contribution in [2.75, 3.05) is 7.15 Å². The normalized spacial score (nSPS) is 11.6. The molecule has 0 atom stereocenters. The first-order chi connectivity index (χ1) is 15.5. The first kappa shape index (κ1) is 22.2. The molecule has 0 saturated carbocycles. The predicted molar refractivity (Wildman–Crippen MR) is 145 cm³/mol. The van der Waals surface area contributed by atoms with Gasteiger partial charge in [-0.05, 0) is 50.5 Å². The fourth-order valence-electron chi connectivity index (χ4n) is 3.78. The average Bonchev–Trinajstić information content (AvgIpc) is 3.40. The van der Waals surface area contributed by atoms with Gasteiger partial charge in [-0.15, -0.1) is 0 Å². The Morgan fingerprint density at radius 3 is 1.55 bits per heavy atom. The summed E-state index contributed by atoms with van der Waals surface area (Å²) in [4.78, 5) is 0. The van der Waals surface area contributed by atoms with Crippen molar-refractivity contribution in [3.05, 3.63) is 91.9 Å². The van der Waals surface area contributed by atoms with Crippen LogP contribution in [-0.2, 0) is 0 Å². The van der Waals surface area contributed by atoms with Gasteiger partial charge in [0.2, 0.25) is 0 Å². The second kappa shape index (κ2) is 11.0. The average molecular weight is 555 g/mol. The molecular formula is C25H18BBr2FNS. The van der Waals surface area contributed by atoms with E-state index in [0.717, 1.165) is 8.95 Å². The molecule has 31 heavy (non-hydrogen) atoms. The molecule has 1 radical (unpaired) electrons. The molecule has 2 aliphatic rings. The van der Waals surface area contributed by atoms with Crippen LogP contribution in [0.4, 0.5) is 4.39 Å². The SMILES string of the molecule is Brc1ccc2c3c(ccc(Br)c13)C=C2.C1=Cc2cccc3cccc1c23.[2H]CF.[B]=NS. The van der Waals surface area contributed by atoms with Crippen molar-refractivity contribution >= 4 is 98.2 Å². The Morgan fingerprint density at radius 1 is 0.742 bits per heavy atom. The molecule has 6 rings (SSSR count). The molecular weight excluding hydrogens is 536 g/mol. The van der Waals surface area contributed by atoms with Gasteiger partial charge >= 0.3 is 24.8 Å². The molecule has 0 amide bonds. The molecule has 0 spiro atoms. The summed E-state index contributed by atoms with van der Waals surface area (Å²) in [5.74, 6) is 0. The molecule has 4 aromatic rings. The van der Waals surface area contributed by atoms with Crippen LogP contribution in [0, 0.1) is 0 Å². The van der Waals surface area contributed by atoms with Crippen LogP contribution >= 0.6 is 44.7 Å². The summed E-state index contributed by atoms with van der Waals surface area (Å²) in [6.07, 6.45) is 8.68. The van der Waals surface area contributed by atoms with Gasteiger partial charge in [0.25, 0.3) is 0 Å². The summed E-state index contributed by atoms with van der Waals surface area (Å²) in [6.45, 7) is 0. The number of halogens is 3. The summed E-state index contributed by atoms with van der Waals surface area (Å²) in [6, 6.07) is 21.4. The fourth-order valence-corrected chi connectivity index (χ4v) is 5.14. The number of benzene rings is 4. The van der Waals surface area contributed by atoms with Crippen molar-refractivity contribution in [3.63, 3.8) is 0 Å². The van der Waals surface area contributed by atoms with Crippen molar-refractivity contribution in [1.29, 1.82) is 0 Å². The second-order valence-electron chi connectivity index (χ2n) is 6.60. The van der Waals surface area contributed by atoms with Crippen LogP contribution in [0.25, 0.3) is 45.8 Å². The van der Waals surface area contributed by atoms with Gasteiger partial charge in [-0.1, -0.05) is 105 Å². The molecule has 0 aliphatic heterocycles. The minimum absolute atomic E-state index is 1.00. The molecule has 1 nitrogen and oxygen atoms in total. The monoisotopic (exact) mass is 553 g/mol. The van der Waals surface area contributed by atoms with Crippen molar-refractivity contribution in [1.82, 2.24) is 0 Å². The van der Waals surface area contributed by atoms with Crippen molar-refractivity contribution < 1.29 is 5.76 Å². The topological polar surface area (TPSA) is 12.4 Å². The Kier molecular flexibility index (Phi) is 7.89. The van der Waals surface area contributed by atoms with Gasteiger partial charge in [-0.25, -0.2) is 0 Å². The van der Waals surface area contributed by atoms with Crippen molar-refractivity contribution in [2.45, 2.75) is 0 Å². The van der Waals surface area contributed by atoms with Gasteiger partial charge < -0.3 is 0 Å². The van der Waals surface area contributed by atoms with Crippen molar-refractivity contribution in [2.24, 2.45) is 4.30 Å². The van der Waals surface area contributed by atoms with E-state index < -0.39 is 7.15 Å². The molecule has 4 aromatic carbocycles. The van der Waals surface area contributed by atoms with Crippen molar-refractivity contribution in [3.8, 4) is 0 Å². The minimum atomic E-state index is -1.00. The van der Waals surface area contributed by atoms with Crippen LogP contribution in [-0.4, -0.2) is 14.8 Å². The molecule has 0 fully saturated rings. The summed E-state index contributed by atoms with van der Waals surface area (Å²) >= 11 is 10.4. The van der Waals surface area contributed by atoms with Crippen LogP contribution in [0.15, 0.2) is 73.9 Å². The third-order valence-electron chi connectivity index (χ3n) is 4.98. The van der Waals surface area contributed by atoms with Crippen LogP contribution in [0.1, 0.15) is 23.6 Å². The van der Waals surface area contributed by atoms with Crippen LogP contribution in [0.2, 0.25) is 0 Å².